The van der Waals surface area contributed by atoms with E-state index in [0.717, 1.165) is 11.4 Å². The van der Waals surface area contributed by atoms with Crippen molar-refractivity contribution in [1.29, 1.82) is 0 Å². The van der Waals surface area contributed by atoms with E-state index in [0.29, 0.717) is 24.0 Å². The summed E-state index contributed by atoms with van der Waals surface area (Å²) in [7, 11) is 1.82. The van der Waals surface area contributed by atoms with Gasteiger partial charge in [-0.25, -0.2) is 0 Å². The van der Waals surface area contributed by atoms with E-state index in [1.165, 1.54) is 11.3 Å². The van der Waals surface area contributed by atoms with Gasteiger partial charge in [0.2, 0.25) is 11.0 Å². The van der Waals surface area contributed by atoms with Crippen LogP contribution in [-0.2, 0) is 11.2 Å². The Bertz CT molecular complexity index is 337. The fourth-order valence-corrected chi connectivity index (χ4v) is 2.12. The number of anilines is 1. The summed E-state index contributed by atoms with van der Waals surface area (Å²) in [6.07, 6.45) is 1.36. The van der Waals surface area contributed by atoms with Crippen molar-refractivity contribution in [3.63, 3.8) is 0 Å². The van der Waals surface area contributed by atoms with Crippen LogP contribution in [-0.4, -0.2) is 29.7 Å². The molecule has 90 valence electrons. The third kappa shape index (κ3) is 4.67. The van der Waals surface area contributed by atoms with E-state index in [9.17, 15) is 4.79 Å². The Kier molecular flexibility index (Phi) is 5.34. The molecule has 0 bridgehead atoms. The van der Waals surface area contributed by atoms with Crippen molar-refractivity contribution >= 4 is 22.4 Å². The highest BCUT2D eigenvalue weighted by Crippen LogP contribution is 2.18. The van der Waals surface area contributed by atoms with E-state index in [1.807, 2.05) is 7.05 Å². The third-order valence-electron chi connectivity index (χ3n) is 1.90. The number of nitrogens with one attached hydrogen (secondary N) is 2. The molecule has 2 N–H and O–H groups in total. The van der Waals surface area contributed by atoms with Crippen molar-refractivity contribution in [3.8, 4) is 0 Å². The lowest BCUT2D eigenvalue weighted by atomic mass is 10.1. The summed E-state index contributed by atoms with van der Waals surface area (Å²) in [5, 5.41) is 15.2. The maximum absolute atomic E-state index is 11.4. The van der Waals surface area contributed by atoms with Crippen LogP contribution >= 0.6 is 11.3 Å². The van der Waals surface area contributed by atoms with Gasteiger partial charge in [0, 0.05) is 19.4 Å². The van der Waals surface area contributed by atoms with Crippen LogP contribution in [0, 0.1) is 5.92 Å². The zero-order valence-electron chi connectivity index (χ0n) is 9.91. The monoisotopic (exact) mass is 242 g/mol. The SMILES string of the molecule is CNCCC(=O)Nc1nnc(CC(C)C)s1. The van der Waals surface area contributed by atoms with Crippen molar-refractivity contribution in [1.82, 2.24) is 15.5 Å². The summed E-state index contributed by atoms with van der Waals surface area (Å²) in [5.41, 5.74) is 0. The molecule has 0 fully saturated rings. The Morgan fingerprint density at radius 3 is 2.81 bits per heavy atom. The predicted molar refractivity (Wildman–Crippen MR) is 65.6 cm³/mol. The van der Waals surface area contributed by atoms with Gasteiger partial charge in [-0.15, -0.1) is 10.2 Å². The minimum Gasteiger partial charge on any atom is -0.319 e. The van der Waals surface area contributed by atoms with Crippen LogP contribution in [0.1, 0.15) is 25.3 Å². The van der Waals surface area contributed by atoms with E-state index < -0.39 is 0 Å². The first kappa shape index (κ1) is 13.1. The largest absolute Gasteiger partial charge is 0.319 e. The molecule has 6 heteroatoms. The molecule has 5 nitrogen and oxygen atoms in total. The zero-order valence-corrected chi connectivity index (χ0v) is 10.7. The predicted octanol–water partition coefficient (Wildman–Crippen LogP) is 1.28. The van der Waals surface area contributed by atoms with Crippen LogP contribution in [0.4, 0.5) is 5.13 Å². The van der Waals surface area contributed by atoms with Crippen LogP contribution < -0.4 is 10.6 Å². The minimum absolute atomic E-state index is 0.0263. The summed E-state index contributed by atoms with van der Waals surface area (Å²) in [4.78, 5) is 11.4. The van der Waals surface area contributed by atoms with Crippen LogP contribution in [0.5, 0.6) is 0 Å². The first-order valence-electron chi connectivity index (χ1n) is 5.38. The van der Waals surface area contributed by atoms with Crippen molar-refractivity contribution in [2.75, 3.05) is 18.9 Å². The number of carbonyl (C=O) groups is 1. The number of aromatic nitrogens is 2. The van der Waals surface area contributed by atoms with Crippen molar-refractivity contribution in [3.05, 3.63) is 5.01 Å². The van der Waals surface area contributed by atoms with Crippen LogP contribution in [0.2, 0.25) is 0 Å². The van der Waals surface area contributed by atoms with Gasteiger partial charge in [0.15, 0.2) is 0 Å². The molecule has 16 heavy (non-hydrogen) atoms. The normalized spacial score (nSPS) is 10.8. The lowest BCUT2D eigenvalue weighted by Gasteiger charge is -1.99. The Hall–Kier alpha value is -1.01. The van der Waals surface area contributed by atoms with Crippen LogP contribution in [0.3, 0.4) is 0 Å². The number of nitrogens with zero attached hydrogens (tertiary/aromatic N) is 2. The summed E-state index contributed by atoms with van der Waals surface area (Å²) in [5.74, 6) is 0.530. The van der Waals surface area contributed by atoms with Gasteiger partial charge in [-0.05, 0) is 13.0 Å². The second-order valence-electron chi connectivity index (χ2n) is 4.00. The van der Waals surface area contributed by atoms with Gasteiger partial charge in [-0.2, -0.15) is 0 Å². The maximum Gasteiger partial charge on any atom is 0.227 e. The Labute approximate surface area is 99.7 Å². The Morgan fingerprint density at radius 2 is 2.19 bits per heavy atom. The molecule has 0 atom stereocenters. The summed E-state index contributed by atoms with van der Waals surface area (Å²) in [6, 6.07) is 0. The van der Waals surface area contributed by atoms with Gasteiger partial charge in [0.1, 0.15) is 5.01 Å². The molecule has 0 aromatic carbocycles. The van der Waals surface area contributed by atoms with Crippen molar-refractivity contribution in [2.24, 2.45) is 5.92 Å². The highest BCUT2D eigenvalue weighted by atomic mass is 32.1. The molecular formula is C10H18N4OS. The van der Waals surface area contributed by atoms with Gasteiger partial charge < -0.3 is 10.6 Å². The molecule has 1 amide bonds. The van der Waals surface area contributed by atoms with Crippen molar-refractivity contribution in [2.45, 2.75) is 26.7 Å². The lowest BCUT2D eigenvalue weighted by Crippen LogP contribution is -2.18. The number of hydrogen-bond donors (Lipinski definition) is 2. The maximum atomic E-state index is 11.4. The molecule has 0 aliphatic carbocycles. The molecule has 0 spiro atoms. The Morgan fingerprint density at radius 1 is 1.44 bits per heavy atom. The van der Waals surface area contributed by atoms with Gasteiger partial charge in [0.05, 0.1) is 0 Å². The average Bonchev–Trinajstić information content (AvgIpc) is 2.61. The van der Waals surface area contributed by atoms with Gasteiger partial charge in [-0.1, -0.05) is 25.2 Å². The second kappa shape index (κ2) is 6.55. The van der Waals surface area contributed by atoms with Gasteiger partial charge >= 0.3 is 0 Å². The fourth-order valence-electron chi connectivity index (χ4n) is 1.16. The molecule has 0 saturated carbocycles. The summed E-state index contributed by atoms with van der Waals surface area (Å²) < 4.78 is 0. The number of carbonyl (C=O) groups excluding carboxylic acids is 1. The molecule has 0 unspecified atom stereocenters. The van der Waals surface area contributed by atoms with E-state index in [1.54, 1.807) is 0 Å². The van der Waals surface area contributed by atoms with Gasteiger partial charge in [-0.3, -0.25) is 4.79 Å². The van der Waals surface area contributed by atoms with Gasteiger partial charge in [0.25, 0.3) is 0 Å². The molecule has 0 aliphatic heterocycles. The molecule has 1 aromatic heterocycles. The molecule has 1 aromatic rings. The number of rotatable bonds is 6. The van der Waals surface area contributed by atoms with Crippen LogP contribution in [0.15, 0.2) is 0 Å². The smallest absolute Gasteiger partial charge is 0.227 e. The second-order valence-corrected chi connectivity index (χ2v) is 5.06. The molecule has 1 rings (SSSR count). The summed E-state index contributed by atoms with van der Waals surface area (Å²) in [6.45, 7) is 4.93. The minimum atomic E-state index is -0.0263. The van der Waals surface area contributed by atoms with Crippen molar-refractivity contribution < 1.29 is 4.79 Å². The zero-order chi connectivity index (χ0) is 12.0. The van der Waals surface area contributed by atoms with E-state index in [4.69, 9.17) is 0 Å². The molecule has 0 saturated heterocycles. The highest BCUT2D eigenvalue weighted by Gasteiger charge is 2.08. The standard InChI is InChI=1S/C10H18N4OS/c1-7(2)6-9-13-14-10(16-9)12-8(15)4-5-11-3/h7,11H,4-6H2,1-3H3,(H,12,14,15). The highest BCUT2D eigenvalue weighted by molar-refractivity contribution is 7.15. The molecule has 0 radical (unpaired) electrons. The van der Waals surface area contributed by atoms with Crippen LogP contribution in [0.25, 0.3) is 0 Å². The average molecular weight is 242 g/mol. The molecular weight excluding hydrogens is 224 g/mol. The molecule has 0 aliphatic rings. The number of hydrogen-bond acceptors (Lipinski definition) is 5. The fraction of sp³-hybridized carbons (Fsp3) is 0.700. The first-order chi connectivity index (χ1) is 7.61. The third-order valence-corrected chi connectivity index (χ3v) is 2.76. The lowest BCUT2D eigenvalue weighted by molar-refractivity contribution is -0.116. The summed E-state index contributed by atoms with van der Waals surface area (Å²) >= 11 is 1.45. The van der Waals surface area contributed by atoms with E-state index >= 15 is 0 Å². The number of amides is 1. The topological polar surface area (TPSA) is 66.9 Å². The first-order valence-corrected chi connectivity index (χ1v) is 6.20. The quantitative estimate of drug-likeness (QED) is 0.788. The van der Waals surface area contributed by atoms with E-state index in [2.05, 4.69) is 34.7 Å². The van der Waals surface area contributed by atoms with E-state index in [-0.39, 0.29) is 5.91 Å². The molecule has 1 heterocycles. The Balaban J connectivity index is 2.42.